The molecule has 2 amide bonds. The molecule has 29 heavy (non-hydrogen) atoms. The third kappa shape index (κ3) is 3.42. The Morgan fingerprint density at radius 3 is 2.79 bits per heavy atom. The first-order valence-electron chi connectivity index (χ1n) is 9.28. The molecule has 2 aliphatic rings. The first kappa shape index (κ1) is 17.4. The number of nitrogens with one attached hydrogen (secondary N) is 3. The number of carbonyl (C=O) groups is 2. The normalized spacial score (nSPS) is 17.8. The Morgan fingerprint density at radius 1 is 1.24 bits per heavy atom. The van der Waals surface area contributed by atoms with Crippen LogP contribution in [0.1, 0.15) is 24.8 Å². The number of aromatic nitrogens is 3. The third-order valence-corrected chi connectivity index (χ3v) is 4.79. The SMILES string of the molecule is O=C1CC(=Cc2cnn3c(NC4CC4)cc(Nc4ccccc4F)nc23)C(=O)N1. The molecule has 3 N–H and O–H groups in total. The molecule has 0 radical (unpaired) electrons. The molecule has 1 saturated carbocycles. The lowest BCUT2D eigenvalue weighted by Gasteiger charge is -2.12. The lowest BCUT2D eigenvalue weighted by Crippen LogP contribution is -2.19. The number of halogens is 1. The van der Waals surface area contributed by atoms with Crippen LogP contribution in [0.2, 0.25) is 0 Å². The highest BCUT2D eigenvalue weighted by atomic mass is 19.1. The van der Waals surface area contributed by atoms with E-state index in [1.807, 2.05) is 0 Å². The van der Waals surface area contributed by atoms with Gasteiger partial charge >= 0.3 is 0 Å². The number of rotatable bonds is 5. The Balaban J connectivity index is 1.59. The summed E-state index contributed by atoms with van der Waals surface area (Å²) in [6.45, 7) is 0. The lowest BCUT2D eigenvalue weighted by molar-refractivity contribution is -0.124. The Hall–Kier alpha value is -3.75. The van der Waals surface area contributed by atoms with Crippen molar-refractivity contribution in [3.63, 3.8) is 0 Å². The molecule has 5 rings (SSSR count). The third-order valence-electron chi connectivity index (χ3n) is 4.79. The number of benzene rings is 1. The predicted octanol–water partition coefficient (Wildman–Crippen LogP) is 2.62. The maximum Gasteiger partial charge on any atom is 0.254 e. The Morgan fingerprint density at radius 2 is 2.07 bits per heavy atom. The van der Waals surface area contributed by atoms with Crippen LogP contribution in [0.15, 0.2) is 42.1 Å². The van der Waals surface area contributed by atoms with E-state index >= 15 is 0 Å². The van der Waals surface area contributed by atoms with Crippen molar-refractivity contribution >= 4 is 40.9 Å². The maximum absolute atomic E-state index is 14.1. The molecule has 8 nitrogen and oxygen atoms in total. The molecule has 1 aromatic carbocycles. The highest BCUT2D eigenvalue weighted by Gasteiger charge is 2.25. The summed E-state index contributed by atoms with van der Waals surface area (Å²) in [6, 6.07) is 8.49. The van der Waals surface area contributed by atoms with Crippen molar-refractivity contribution in [3.8, 4) is 0 Å². The fourth-order valence-corrected chi connectivity index (χ4v) is 3.19. The predicted molar refractivity (Wildman–Crippen MR) is 105 cm³/mol. The molecule has 0 unspecified atom stereocenters. The van der Waals surface area contributed by atoms with Gasteiger partial charge in [-0.05, 0) is 31.1 Å². The monoisotopic (exact) mass is 392 g/mol. The summed E-state index contributed by atoms with van der Waals surface area (Å²) in [7, 11) is 0. The van der Waals surface area contributed by atoms with Gasteiger partial charge in [-0.25, -0.2) is 9.37 Å². The number of imide groups is 1. The number of hydrogen-bond donors (Lipinski definition) is 3. The van der Waals surface area contributed by atoms with E-state index in [2.05, 4.69) is 26.0 Å². The largest absolute Gasteiger partial charge is 0.367 e. The molecule has 3 aromatic rings. The van der Waals surface area contributed by atoms with Gasteiger partial charge in [0, 0.05) is 23.2 Å². The average Bonchev–Trinajstić information content (AvgIpc) is 3.33. The number of fused-ring (bicyclic) bond motifs is 1. The fraction of sp³-hybridized carbons (Fsp3) is 0.200. The Kier molecular flexibility index (Phi) is 4.01. The van der Waals surface area contributed by atoms with Crippen LogP contribution in [-0.2, 0) is 9.59 Å². The van der Waals surface area contributed by atoms with Crippen LogP contribution >= 0.6 is 0 Å². The van der Waals surface area contributed by atoms with E-state index in [9.17, 15) is 14.0 Å². The van der Waals surface area contributed by atoms with Crippen LogP contribution in [0.25, 0.3) is 11.7 Å². The zero-order chi connectivity index (χ0) is 20.0. The number of para-hydroxylation sites is 1. The Labute approximate surface area is 164 Å². The summed E-state index contributed by atoms with van der Waals surface area (Å²) in [6.07, 6.45) is 5.37. The quantitative estimate of drug-likeness (QED) is 0.456. The van der Waals surface area contributed by atoms with Crippen LogP contribution < -0.4 is 16.0 Å². The van der Waals surface area contributed by atoms with Crippen molar-refractivity contribution in [1.82, 2.24) is 19.9 Å². The van der Waals surface area contributed by atoms with Crippen molar-refractivity contribution in [2.75, 3.05) is 10.6 Å². The van der Waals surface area contributed by atoms with E-state index in [1.54, 1.807) is 41.1 Å². The standard InChI is InChI=1S/C20H17FN6O2/c21-14-3-1-2-4-15(14)24-16-9-17(23-13-5-6-13)27-19(25-16)12(10-22-27)7-11-8-18(28)26-20(11)29/h1-4,7,9-10,13,23H,5-6,8H2,(H,24,25)(H,26,28,29). The van der Waals surface area contributed by atoms with E-state index in [4.69, 9.17) is 0 Å². The first-order chi connectivity index (χ1) is 14.1. The summed E-state index contributed by atoms with van der Waals surface area (Å²) >= 11 is 0. The van der Waals surface area contributed by atoms with Crippen molar-refractivity contribution in [1.29, 1.82) is 0 Å². The van der Waals surface area contributed by atoms with Crippen LogP contribution in [0, 0.1) is 5.82 Å². The molecule has 2 aromatic heterocycles. The van der Waals surface area contributed by atoms with Gasteiger partial charge in [0.1, 0.15) is 17.5 Å². The van der Waals surface area contributed by atoms with Crippen LogP contribution in [0.5, 0.6) is 0 Å². The van der Waals surface area contributed by atoms with Gasteiger partial charge in [0.25, 0.3) is 5.91 Å². The second-order valence-electron chi connectivity index (χ2n) is 7.11. The van der Waals surface area contributed by atoms with E-state index in [-0.39, 0.29) is 18.1 Å². The van der Waals surface area contributed by atoms with Gasteiger partial charge in [-0.15, -0.1) is 0 Å². The van der Waals surface area contributed by atoms with Gasteiger partial charge < -0.3 is 10.6 Å². The summed E-state index contributed by atoms with van der Waals surface area (Å²) < 4.78 is 15.7. The maximum atomic E-state index is 14.1. The minimum atomic E-state index is -0.411. The molecule has 0 spiro atoms. The molecule has 1 aliphatic carbocycles. The molecule has 0 bridgehead atoms. The summed E-state index contributed by atoms with van der Waals surface area (Å²) in [5.41, 5.74) is 1.76. The molecule has 1 aliphatic heterocycles. The van der Waals surface area contributed by atoms with E-state index in [1.165, 1.54) is 6.07 Å². The van der Waals surface area contributed by atoms with E-state index in [0.717, 1.165) is 12.8 Å². The minimum absolute atomic E-state index is 0.0243. The van der Waals surface area contributed by atoms with Gasteiger partial charge in [-0.3, -0.25) is 14.9 Å². The summed E-state index contributed by atoms with van der Waals surface area (Å²) in [5.74, 6) is 0.0312. The number of hydrogen-bond acceptors (Lipinski definition) is 6. The van der Waals surface area contributed by atoms with Crippen molar-refractivity contribution in [2.24, 2.45) is 0 Å². The minimum Gasteiger partial charge on any atom is -0.367 e. The van der Waals surface area contributed by atoms with E-state index in [0.29, 0.717) is 40.1 Å². The average molecular weight is 392 g/mol. The van der Waals surface area contributed by atoms with Crippen molar-refractivity contribution in [3.05, 3.63) is 53.5 Å². The zero-order valence-electron chi connectivity index (χ0n) is 15.3. The smallest absolute Gasteiger partial charge is 0.254 e. The molecule has 9 heteroatoms. The first-order valence-corrected chi connectivity index (χ1v) is 9.28. The van der Waals surface area contributed by atoms with Crippen LogP contribution in [0.4, 0.5) is 21.7 Å². The molecular weight excluding hydrogens is 375 g/mol. The summed E-state index contributed by atoms with van der Waals surface area (Å²) in [4.78, 5) is 27.9. The second-order valence-corrected chi connectivity index (χ2v) is 7.11. The molecule has 1 saturated heterocycles. The van der Waals surface area contributed by atoms with Crippen LogP contribution in [-0.4, -0.2) is 32.5 Å². The van der Waals surface area contributed by atoms with Gasteiger partial charge in [0.2, 0.25) is 5.91 Å². The van der Waals surface area contributed by atoms with Crippen LogP contribution in [0.3, 0.4) is 0 Å². The lowest BCUT2D eigenvalue weighted by atomic mass is 10.1. The topological polar surface area (TPSA) is 100 Å². The molecule has 146 valence electrons. The van der Waals surface area contributed by atoms with Crippen molar-refractivity contribution < 1.29 is 14.0 Å². The van der Waals surface area contributed by atoms with Gasteiger partial charge in [0.05, 0.1) is 18.3 Å². The molecule has 0 atom stereocenters. The van der Waals surface area contributed by atoms with E-state index < -0.39 is 5.91 Å². The highest BCUT2D eigenvalue weighted by molar-refractivity contribution is 6.15. The number of amides is 2. The van der Waals surface area contributed by atoms with Gasteiger partial charge in [-0.1, -0.05) is 12.1 Å². The number of carbonyl (C=O) groups excluding carboxylic acids is 2. The number of anilines is 3. The van der Waals surface area contributed by atoms with Crippen molar-refractivity contribution in [2.45, 2.75) is 25.3 Å². The molecule has 3 heterocycles. The van der Waals surface area contributed by atoms with Gasteiger partial charge in [-0.2, -0.15) is 9.61 Å². The summed E-state index contributed by atoms with van der Waals surface area (Å²) in [5, 5.41) is 13.0. The Bertz CT molecular complexity index is 1180. The molecule has 2 fully saturated rings. The van der Waals surface area contributed by atoms with Gasteiger partial charge in [0.15, 0.2) is 5.65 Å². The highest BCUT2D eigenvalue weighted by Crippen LogP contribution is 2.29. The molecular formula is C20H17FN6O2. The fourth-order valence-electron chi connectivity index (χ4n) is 3.19. The zero-order valence-corrected chi connectivity index (χ0v) is 15.3. The second kappa shape index (κ2) is 6.69. The number of nitrogens with zero attached hydrogens (tertiary/aromatic N) is 3.